The van der Waals surface area contributed by atoms with Crippen molar-refractivity contribution in [1.29, 1.82) is 0 Å². The van der Waals surface area contributed by atoms with Crippen LogP contribution in [0.1, 0.15) is 25.8 Å². The fourth-order valence-electron chi connectivity index (χ4n) is 2.60. The third-order valence-electron chi connectivity index (χ3n) is 4.02. The van der Waals surface area contributed by atoms with Crippen molar-refractivity contribution in [3.63, 3.8) is 0 Å². The number of ether oxygens (including phenoxy) is 2. The van der Waals surface area contributed by atoms with Crippen LogP contribution < -0.4 is 14.8 Å². The summed E-state index contributed by atoms with van der Waals surface area (Å²) >= 11 is 0. The Labute approximate surface area is 172 Å². The molecule has 0 aliphatic rings. The van der Waals surface area contributed by atoms with Crippen molar-refractivity contribution < 1.29 is 22.7 Å². The summed E-state index contributed by atoms with van der Waals surface area (Å²) in [5.74, 6) is 0.806. The number of aryl methyl sites for hydroxylation is 1. The molecular weight excluding hydrogens is 392 g/mol. The molecule has 0 fully saturated rings. The van der Waals surface area contributed by atoms with E-state index in [0.29, 0.717) is 42.3 Å². The van der Waals surface area contributed by atoms with E-state index in [-0.39, 0.29) is 16.7 Å². The molecule has 0 saturated heterocycles. The maximum Gasteiger partial charge on any atom is 0.261 e. The minimum Gasteiger partial charge on any atom is -0.491 e. The number of amides is 1. The van der Waals surface area contributed by atoms with Crippen molar-refractivity contribution in [2.75, 3.05) is 30.4 Å². The van der Waals surface area contributed by atoms with Crippen LogP contribution in [-0.2, 0) is 19.6 Å². The van der Waals surface area contributed by atoms with Gasteiger partial charge in [0.1, 0.15) is 12.4 Å². The van der Waals surface area contributed by atoms with Gasteiger partial charge in [0, 0.05) is 24.9 Å². The first-order chi connectivity index (χ1) is 13.7. The molecule has 0 aliphatic heterocycles. The van der Waals surface area contributed by atoms with Gasteiger partial charge in [0.25, 0.3) is 10.0 Å². The lowest BCUT2D eigenvalue weighted by Crippen LogP contribution is -2.15. The molecule has 0 unspecified atom stereocenters. The summed E-state index contributed by atoms with van der Waals surface area (Å²) in [6, 6.07) is 11.2. The van der Waals surface area contributed by atoms with Gasteiger partial charge >= 0.3 is 0 Å². The molecule has 0 spiro atoms. The highest BCUT2D eigenvalue weighted by Gasteiger charge is 2.16. The van der Waals surface area contributed by atoms with E-state index < -0.39 is 10.0 Å². The molecule has 1 amide bonds. The number of hydrogen-bond donors (Lipinski definition) is 2. The molecule has 2 aromatic carbocycles. The first-order valence-corrected chi connectivity index (χ1v) is 10.8. The van der Waals surface area contributed by atoms with Crippen molar-refractivity contribution in [3.8, 4) is 5.75 Å². The highest BCUT2D eigenvalue weighted by Crippen LogP contribution is 2.24. The van der Waals surface area contributed by atoms with Crippen LogP contribution in [0.4, 0.5) is 11.4 Å². The van der Waals surface area contributed by atoms with Gasteiger partial charge in [-0.1, -0.05) is 13.8 Å². The van der Waals surface area contributed by atoms with Crippen LogP contribution in [0.15, 0.2) is 47.4 Å². The zero-order valence-electron chi connectivity index (χ0n) is 17.2. The number of rotatable bonds is 10. The molecule has 0 radical (unpaired) electrons. The fourth-order valence-corrected chi connectivity index (χ4v) is 3.75. The zero-order chi connectivity index (χ0) is 21.4. The van der Waals surface area contributed by atoms with Gasteiger partial charge in [-0.05, 0) is 60.9 Å². The Morgan fingerprint density at radius 3 is 2.28 bits per heavy atom. The molecule has 2 rings (SSSR count). The van der Waals surface area contributed by atoms with Gasteiger partial charge in [-0.25, -0.2) is 8.42 Å². The van der Waals surface area contributed by atoms with Crippen LogP contribution in [0, 0.1) is 12.8 Å². The molecule has 2 N–H and O–H groups in total. The van der Waals surface area contributed by atoms with Crippen LogP contribution in [0.25, 0.3) is 0 Å². The van der Waals surface area contributed by atoms with Gasteiger partial charge in [-0.3, -0.25) is 9.52 Å². The number of anilines is 2. The zero-order valence-corrected chi connectivity index (χ0v) is 18.0. The summed E-state index contributed by atoms with van der Waals surface area (Å²) < 4.78 is 38.4. The van der Waals surface area contributed by atoms with Crippen molar-refractivity contribution >= 4 is 27.3 Å². The highest BCUT2D eigenvalue weighted by molar-refractivity contribution is 7.92. The van der Waals surface area contributed by atoms with E-state index in [0.717, 1.165) is 0 Å². The SMILES string of the molecule is COCCOc1ccc(S(=O)(=O)Nc2ccc(NC(=O)CC(C)C)cc2)cc1C. The van der Waals surface area contributed by atoms with Crippen LogP contribution in [0.2, 0.25) is 0 Å². The highest BCUT2D eigenvalue weighted by atomic mass is 32.2. The predicted octanol–water partition coefficient (Wildman–Crippen LogP) is 3.81. The number of carbonyl (C=O) groups excluding carboxylic acids is 1. The van der Waals surface area contributed by atoms with Gasteiger partial charge in [0.05, 0.1) is 11.5 Å². The van der Waals surface area contributed by atoms with Crippen molar-refractivity contribution in [1.82, 2.24) is 0 Å². The van der Waals surface area contributed by atoms with E-state index >= 15 is 0 Å². The molecule has 0 atom stereocenters. The van der Waals surface area contributed by atoms with E-state index in [1.807, 2.05) is 13.8 Å². The Morgan fingerprint density at radius 2 is 1.69 bits per heavy atom. The lowest BCUT2D eigenvalue weighted by molar-refractivity contribution is -0.116. The molecule has 7 nitrogen and oxygen atoms in total. The fraction of sp³-hybridized carbons (Fsp3) is 0.381. The first kappa shape index (κ1) is 22.7. The second-order valence-corrected chi connectivity index (χ2v) is 8.78. The predicted molar refractivity (Wildman–Crippen MR) is 114 cm³/mol. The third kappa shape index (κ3) is 7.07. The van der Waals surface area contributed by atoms with E-state index in [2.05, 4.69) is 10.0 Å². The Kier molecular flexibility index (Phi) is 8.04. The number of sulfonamides is 1. The van der Waals surface area contributed by atoms with Crippen LogP contribution in [-0.4, -0.2) is 34.6 Å². The van der Waals surface area contributed by atoms with Crippen molar-refractivity contribution in [2.24, 2.45) is 5.92 Å². The Bertz CT molecular complexity index is 925. The second-order valence-electron chi connectivity index (χ2n) is 7.10. The average molecular weight is 421 g/mol. The Balaban J connectivity index is 2.05. The van der Waals surface area contributed by atoms with Crippen LogP contribution >= 0.6 is 0 Å². The molecule has 0 aromatic heterocycles. The summed E-state index contributed by atoms with van der Waals surface area (Å²) in [7, 11) is -2.16. The molecule has 0 saturated carbocycles. The quantitative estimate of drug-likeness (QED) is 0.570. The average Bonchev–Trinajstić information content (AvgIpc) is 2.64. The van der Waals surface area contributed by atoms with Gasteiger partial charge < -0.3 is 14.8 Å². The molecule has 0 aliphatic carbocycles. The topological polar surface area (TPSA) is 93.7 Å². The van der Waals surface area contributed by atoms with E-state index in [9.17, 15) is 13.2 Å². The molecule has 2 aromatic rings. The minimum atomic E-state index is -3.75. The Morgan fingerprint density at radius 1 is 1.03 bits per heavy atom. The summed E-state index contributed by atoms with van der Waals surface area (Å²) in [5, 5.41) is 2.79. The van der Waals surface area contributed by atoms with Gasteiger partial charge in [0.2, 0.25) is 5.91 Å². The van der Waals surface area contributed by atoms with Gasteiger partial charge in [0.15, 0.2) is 0 Å². The molecule has 0 heterocycles. The Hall–Kier alpha value is -2.58. The summed E-state index contributed by atoms with van der Waals surface area (Å²) in [5.41, 5.74) is 1.74. The van der Waals surface area contributed by atoms with Gasteiger partial charge in [-0.15, -0.1) is 0 Å². The standard InChI is InChI=1S/C21H28N2O5S/c1-15(2)13-21(24)22-17-5-7-18(8-6-17)23-29(25,26)19-9-10-20(16(3)14-19)28-12-11-27-4/h5-10,14-15,23H,11-13H2,1-4H3,(H,22,24). The number of nitrogens with one attached hydrogen (secondary N) is 2. The second kappa shape index (κ2) is 10.3. The molecule has 0 bridgehead atoms. The number of hydrogen-bond acceptors (Lipinski definition) is 5. The van der Waals surface area contributed by atoms with Crippen molar-refractivity contribution in [2.45, 2.75) is 32.1 Å². The summed E-state index contributed by atoms with van der Waals surface area (Å²) in [6.45, 7) is 6.57. The number of benzene rings is 2. The van der Waals surface area contributed by atoms with E-state index in [1.54, 1.807) is 50.4 Å². The monoisotopic (exact) mass is 420 g/mol. The maximum absolute atomic E-state index is 12.7. The van der Waals surface area contributed by atoms with Crippen LogP contribution in [0.5, 0.6) is 5.75 Å². The lowest BCUT2D eigenvalue weighted by Gasteiger charge is -2.13. The normalized spacial score (nSPS) is 11.3. The minimum absolute atomic E-state index is 0.0726. The smallest absolute Gasteiger partial charge is 0.261 e. The molecule has 29 heavy (non-hydrogen) atoms. The summed E-state index contributed by atoms with van der Waals surface area (Å²) in [6.07, 6.45) is 0.429. The lowest BCUT2D eigenvalue weighted by atomic mass is 10.1. The molecular formula is C21H28N2O5S. The first-order valence-electron chi connectivity index (χ1n) is 9.36. The molecule has 8 heteroatoms. The third-order valence-corrected chi connectivity index (χ3v) is 5.40. The largest absolute Gasteiger partial charge is 0.491 e. The van der Waals surface area contributed by atoms with E-state index in [4.69, 9.17) is 9.47 Å². The van der Waals surface area contributed by atoms with Crippen molar-refractivity contribution in [3.05, 3.63) is 48.0 Å². The van der Waals surface area contributed by atoms with Gasteiger partial charge in [-0.2, -0.15) is 0 Å². The van der Waals surface area contributed by atoms with E-state index in [1.165, 1.54) is 6.07 Å². The summed E-state index contributed by atoms with van der Waals surface area (Å²) in [4.78, 5) is 12.0. The maximum atomic E-state index is 12.7. The number of carbonyl (C=O) groups is 1. The molecule has 158 valence electrons. The number of methoxy groups -OCH3 is 1. The van der Waals surface area contributed by atoms with Crippen LogP contribution in [0.3, 0.4) is 0 Å².